The molecular formula is C8H16N2O4. The van der Waals surface area contributed by atoms with Gasteiger partial charge in [0.1, 0.15) is 0 Å². The summed E-state index contributed by atoms with van der Waals surface area (Å²) in [5, 5.41) is 20.3. The number of amides is 1. The van der Waals surface area contributed by atoms with E-state index in [4.69, 9.17) is 10.8 Å². The van der Waals surface area contributed by atoms with Gasteiger partial charge in [-0.2, -0.15) is 0 Å². The number of carbonyl (C=O) groups excluding carboxylic acids is 1. The van der Waals surface area contributed by atoms with E-state index in [-0.39, 0.29) is 6.54 Å². The third kappa shape index (κ3) is 5.50. The molecule has 0 bridgehead atoms. The SMILES string of the molecule is CC(N)C(=O)NCC(C)(O)CC(=O)O. The third-order valence-corrected chi connectivity index (χ3v) is 1.59. The lowest BCUT2D eigenvalue weighted by Crippen LogP contribution is -2.46. The van der Waals surface area contributed by atoms with Crippen molar-refractivity contribution < 1.29 is 19.8 Å². The van der Waals surface area contributed by atoms with Gasteiger partial charge in [0.2, 0.25) is 5.91 Å². The maximum Gasteiger partial charge on any atom is 0.306 e. The van der Waals surface area contributed by atoms with Crippen LogP contribution in [0.4, 0.5) is 0 Å². The number of carboxylic acids is 1. The number of aliphatic carboxylic acids is 1. The van der Waals surface area contributed by atoms with Crippen LogP contribution in [-0.2, 0) is 9.59 Å². The molecule has 0 rings (SSSR count). The van der Waals surface area contributed by atoms with Crippen molar-refractivity contribution in [1.29, 1.82) is 0 Å². The molecule has 5 N–H and O–H groups in total. The molecule has 14 heavy (non-hydrogen) atoms. The summed E-state index contributed by atoms with van der Waals surface area (Å²) in [6.45, 7) is 2.71. The number of carbonyl (C=O) groups is 2. The standard InChI is InChI=1S/C8H16N2O4/c1-5(9)7(13)10-4-8(2,14)3-6(11)12/h5,14H,3-4,9H2,1-2H3,(H,10,13)(H,11,12). The van der Waals surface area contributed by atoms with E-state index in [1.807, 2.05) is 0 Å². The van der Waals surface area contributed by atoms with Crippen molar-refractivity contribution in [2.45, 2.75) is 31.9 Å². The Hall–Kier alpha value is -1.14. The fourth-order valence-corrected chi connectivity index (χ4v) is 0.827. The highest BCUT2D eigenvalue weighted by Gasteiger charge is 2.25. The highest BCUT2D eigenvalue weighted by Crippen LogP contribution is 2.07. The molecule has 0 spiro atoms. The zero-order chi connectivity index (χ0) is 11.4. The molecule has 0 radical (unpaired) electrons. The lowest BCUT2D eigenvalue weighted by Gasteiger charge is -2.21. The summed E-state index contributed by atoms with van der Waals surface area (Å²) >= 11 is 0. The summed E-state index contributed by atoms with van der Waals surface area (Å²) in [4.78, 5) is 21.3. The first-order valence-corrected chi connectivity index (χ1v) is 4.22. The van der Waals surface area contributed by atoms with Gasteiger partial charge in [0.25, 0.3) is 0 Å². The molecule has 0 aromatic heterocycles. The van der Waals surface area contributed by atoms with Crippen LogP contribution < -0.4 is 11.1 Å². The third-order valence-electron chi connectivity index (χ3n) is 1.59. The lowest BCUT2D eigenvalue weighted by atomic mass is 10.0. The van der Waals surface area contributed by atoms with Crippen LogP contribution in [0.3, 0.4) is 0 Å². The molecule has 1 amide bonds. The van der Waals surface area contributed by atoms with Gasteiger partial charge in [0, 0.05) is 6.54 Å². The molecule has 82 valence electrons. The Morgan fingerprint density at radius 1 is 1.57 bits per heavy atom. The van der Waals surface area contributed by atoms with Gasteiger partial charge in [-0.25, -0.2) is 0 Å². The van der Waals surface area contributed by atoms with Crippen molar-refractivity contribution in [3.05, 3.63) is 0 Å². The minimum atomic E-state index is -1.45. The molecule has 0 aliphatic carbocycles. The van der Waals surface area contributed by atoms with Crippen molar-refractivity contribution in [3.8, 4) is 0 Å². The van der Waals surface area contributed by atoms with Crippen LogP contribution in [0.1, 0.15) is 20.3 Å². The molecule has 0 aromatic carbocycles. The number of rotatable bonds is 5. The molecule has 2 atom stereocenters. The fourth-order valence-electron chi connectivity index (χ4n) is 0.827. The van der Waals surface area contributed by atoms with Gasteiger partial charge in [-0.1, -0.05) is 0 Å². The average molecular weight is 204 g/mol. The highest BCUT2D eigenvalue weighted by molar-refractivity contribution is 5.81. The Bertz CT molecular complexity index is 225. The fraction of sp³-hybridized carbons (Fsp3) is 0.750. The van der Waals surface area contributed by atoms with E-state index >= 15 is 0 Å². The summed E-state index contributed by atoms with van der Waals surface area (Å²) in [6.07, 6.45) is -0.424. The molecule has 0 aliphatic rings. The molecule has 0 heterocycles. The molecule has 2 unspecified atom stereocenters. The molecule has 0 saturated heterocycles. The van der Waals surface area contributed by atoms with Gasteiger partial charge in [0.05, 0.1) is 18.1 Å². The van der Waals surface area contributed by atoms with Gasteiger partial charge in [-0.3, -0.25) is 9.59 Å². The van der Waals surface area contributed by atoms with Crippen LogP contribution in [0.5, 0.6) is 0 Å². The predicted octanol–water partition coefficient (Wildman–Crippen LogP) is -1.32. The zero-order valence-electron chi connectivity index (χ0n) is 8.28. The van der Waals surface area contributed by atoms with Crippen LogP contribution in [0.25, 0.3) is 0 Å². The van der Waals surface area contributed by atoms with Crippen LogP contribution in [0.2, 0.25) is 0 Å². The monoisotopic (exact) mass is 204 g/mol. The Kier molecular flexibility index (Phi) is 4.52. The Labute approximate surface area is 82.1 Å². The quantitative estimate of drug-likeness (QED) is 0.443. The minimum Gasteiger partial charge on any atom is -0.481 e. The maximum absolute atomic E-state index is 11.0. The van der Waals surface area contributed by atoms with E-state index < -0.39 is 29.9 Å². The van der Waals surface area contributed by atoms with Crippen molar-refractivity contribution >= 4 is 11.9 Å². The molecule has 0 fully saturated rings. The first-order chi connectivity index (χ1) is 6.24. The summed E-state index contributed by atoms with van der Waals surface area (Å²) in [6, 6.07) is -0.671. The first kappa shape index (κ1) is 12.9. The summed E-state index contributed by atoms with van der Waals surface area (Å²) < 4.78 is 0. The average Bonchev–Trinajstić information content (AvgIpc) is 1.97. The number of aliphatic hydroxyl groups is 1. The van der Waals surface area contributed by atoms with E-state index in [1.165, 1.54) is 13.8 Å². The first-order valence-electron chi connectivity index (χ1n) is 4.22. The molecular weight excluding hydrogens is 188 g/mol. The number of hydrogen-bond acceptors (Lipinski definition) is 4. The summed E-state index contributed by atoms with van der Waals surface area (Å²) in [5.41, 5.74) is 3.81. The van der Waals surface area contributed by atoms with E-state index in [1.54, 1.807) is 0 Å². The largest absolute Gasteiger partial charge is 0.481 e. The second-order valence-corrected chi connectivity index (χ2v) is 3.57. The van der Waals surface area contributed by atoms with E-state index in [2.05, 4.69) is 5.32 Å². The summed E-state index contributed by atoms with van der Waals surface area (Å²) in [5.74, 6) is -1.54. The highest BCUT2D eigenvalue weighted by atomic mass is 16.4. The Morgan fingerprint density at radius 3 is 2.43 bits per heavy atom. The normalized spacial score (nSPS) is 16.9. The van der Waals surface area contributed by atoms with E-state index in [0.717, 1.165) is 0 Å². The predicted molar refractivity (Wildman–Crippen MR) is 49.5 cm³/mol. The van der Waals surface area contributed by atoms with Crippen LogP contribution >= 0.6 is 0 Å². The molecule has 0 aliphatic heterocycles. The topological polar surface area (TPSA) is 113 Å². The van der Waals surface area contributed by atoms with Crippen LogP contribution in [0.15, 0.2) is 0 Å². The smallest absolute Gasteiger partial charge is 0.306 e. The molecule has 0 aromatic rings. The second-order valence-electron chi connectivity index (χ2n) is 3.57. The number of nitrogens with one attached hydrogen (secondary N) is 1. The number of carboxylic acid groups (broad SMARTS) is 1. The van der Waals surface area contributed by atoms with Gasteiger partial charge >= 0.3 is 5.97 Å². The van der Waals surface area contributed by atoms with Crippen molar-refractivity contribution in [2.75, 3.05) is 6.54 Å². The minimum absolute atomic E-state index is 0.125. The number of hydrogen-bond donors (Lipinski definition) is 4. The van der Waals surface area contributed by atoms with E-state index in [9.17, 15) is 14.7 Å². The van der Waals surface area contributed by atoms with Gasteiger partial charge in [-0.05, 0) is 13.8 Å². The van der Waals surface area contributed by atoms with Gasteiger partial charge < -0.3 is 21.3 Å². The van der Waals surface area contributed by atoms with Crippen LogP contribution in [0, 0.1) is 0 Å². The van der Waals surface area contributed by atoms with Gasteiger partial charge in [-0.15, -0.1) is 0 Å². The lowest BCUT2D eigenvalue weighted by molar-refractivity contribution is -0.142. The molecule has 0 saturated carbocycles. The number of nitrogens with two attached hydrogens (primary N) is 1. The molecule has 6 nitrogen and oxygen atoms in total. The van der Waals surface area contributed by atoms with E-state index in [0.29, 0.717) is 0 Å². The Balaban J connectivity index is 3.98. The maximum atomic E-state index is 11.0. The van der Waals surface area contributed by atoms with Crippen molar-refractivity contribution in [3.63, 3.8) is 0 Å². The molecule has 6 heteroatoms. The van der Waals surface area contributed by atoms with Crippen molar-refractivity contribution in [2.24, 2.45) is 5.73 Å². The van der Waals surface area contributed by atoms with Gasteiger partial charge in [0.15, 0.2) is 0 Å². The van der Waals surface area contributed by atoms with Crippen LogP contribution in [-0.4, -0.2) is 40.3 Å². The second kappa shape index (κ2) is 4.92. The zero-order valence-corrected chi connectivity index (χ0v) is 8.28. The Morgan fingerprint density at radius 2 is 2.07 bits per heavy atom. The van der Waals surface area contributed by atoms with Crippen molar-refractivity contribution in [1.82, 2.24) is 5.32 Å². The summed E-state index contributed by atoms with van der Waals surface area (Å²) in [7, 11) is 0.